The number of benzene rings is 2. The second kappa shape index (κ2) is 7.78. The van der Waals surface area contributed by atoms with E-state index >= 15 is 0 Å². The Balaban J connectivity index is 1.45. The van der Waals surface area contributed by atoms with Crippen molar-refractivity contribution in [3.8, 4) is 11.5 Å². The maximum atomic E-state index is 13.2. The van der Waals surface area contributed by atoms with Gasteiger partial charge in [0.1, 0.15) is 5.41 Å². The Morgan fingerprint density at radius 1 is 1.03 bits per heavy atom. The molecule has 0 aromatic heterocycles. The average molecular weight is 394 g/mol. The fourth-order valence-corrected chi connectivity index (χ4v) is 3.97. The predicted octanol–water partition coefficient (Wildman–Crippen LogP) is 2.69. The number of hydrogen-bond acceptors (Lipinski definition) is 4. The number of amides is 2. The van der Waals surface area contributed by atoms with Crippen LogP contribution in [-0.4, -0.2) is 37.5 Å². The van der Waals surface area contributed by atoms with Crippen LogP contribution >= 0.6 is 0 Å². The molecular weight excluding hydrogens is 368 g/mol. The van der Waals surface area contributed by atoms with Crippen LogP contribution in [0.25, 0.3) is 0 Å². The van der Waals surface area contributed by atoms with E-state index in [9.17, 15) is 9.59 Å². The van der Waals surface area contributed by atoms with Gasteiger partial charge in [0.2, 0.25) is 11.8 Å². The minimum Gasteiger partial charge on any atom is -0.493 e. The number of hydrogen-bond donors (Lipinski definition) is 1. The molecule has 0 radical (unpaired) electrons. The molecule has 29 heavy (non-hydrogen) atoms. The van der Waals surface area contributed by atoms with Gasteiger partial charge in [-0.2, -0.15) is 0 Å². The fraction of sp³-hybridized carbons (Fsp3) is 0.391. The lowest BCUT2D eigenvalue weighted by molar-refractivity contribution is -0.145. The molecule has 1 aliphatic carbocycles. The molecule has 4 rings (SSSR count). The topological polar surface area (TPSA) is 67.9 Å². The van der Waals surface area contributed by atoms with E-state index in [1.807, 2.05) is 47.4 Å². The molecule has 2 aromatic rings. The normalized spacial score (nSPS) is 16.6. The molecule has 0 spiro atoms. The lowest BCUT2D eigenvalue weighted by atomic mass is 9.96. The molecule has 0 atom stereocenters. The van der Waals surface area contributed by atoms with Gasteiger partial charge in [0.25, 0.3) is 0 Å². The minimum absolute atomic E-state index is 0.0662. The fourth-order valence-electron chi connectivity index (χ4n) is 3.97. The molecule has 1 aliphatic heterocycles. The number of carbonyl (C=O) groups is 2. The van der Waals surface area contributed by atoms with Crippen molar-refractivity contribution in [1.82, 2.24) is 10.2 Å². The quantitative estimate of drug-likeness (QED) is 0.765. The highest BCUT2D eigenvalue weighted by molar-refractivity contribution is 6.07. The van der Waals surface area contributed by atoms with Gasteiger partial charge in [0.05, 0.1) is 14.2 Å². The number of fused-ring (bicyclic) bond motifs is 1. The van der Waals surface area contributed by atoms with Crippen LogP contribution in [0.5, 0.6) is 11.5 Å². The van der Waals surface area contributed by atoms with Crippen molar-refractivity contribution in [3.05, 3.63) is 59.2 Å². The number of carbonyl (C=O) groups excluding carboxylic acids is 2. The summed E-state index contributed by atoms with van der Waals surface area (Å²) >= 11 is 0. The summed E-state index contributed by atoms with van der Waals surface area (Å²) in [7, 11) is 3.22. The zero-order valence-electron chi connectivity index (χ0n) is 16.9. The Morgan fingerprint density at radius 3 is 2.31 bits per heavy atom. The van der Waals surface area contributed by atoms with Crippen LogP contribution in [0.1, 0.15) is 29.5 Å². The molecule has 1 N–H and O–H groups in total. The molecule has 6 nitrogen and oxygen atoms in total. The van der Waals surface area contributed by atoms with Gasteiger partial charge < -0.3 is 19.7 Å². The van der Waals surface area contributed by atoms with Crippen LogP contribution in [-0.2, 0) is 29.1 Å². The summed E-state index contributed by atoms with van der Waals surface area (Å²) in [5.41, 5.74) is 2.33. The summed E-state index contributed by atoms with van der Waals surface area (Å²) in [6.45, 7) is 1.53. The van der Waals surface area contributed by atoms with Gasteiger partial charge in [-0.3, -0.25) is 9.59 Å². The largest absolute Gasteiger partial charge is 0.493 e. The monoisotopic (exact) mass is 394 g/mol. The third kappa shape index (κ3) is 3.67. The maximum Gasteiger partial charge on any atom is 0.238 e. The molecule has 2 amide bonds. The number of nitrogens with zero attached hydrogens (tertiary/aromatic N) is 1. The number of nitrogens with one attached hydrogen (secondary N) is 1. The first-order valence-corrected chi connectivity index (χ1v) is 9.93. The van der Waals surface area contributed by atoms with Crippen LogP contribution in [0.3, 0.4) is 0 Å². The standard InChI is InChI=1S/C23H26N2O4/c1-28-19-12-17-8-11-25(15-18(17)13-20(19)29-2)22(27)23(9-10-23)21(26)24-14-16-6-4-3-5-7-16/h3-7,12-13H,8-11,14-15H2,1-2H3,(H,24,26). The number of methoxy groups -OCH3 is 2. The van der Waals surface area contributed by atoms with Crippen molar-refractivity contribution >= 4 is 11.8 Å². The first-order chi connectivity index (χ1) is 14.1. The van der Waals surface area contributed by atoms with Crippen LogP contribution in [0, 0.1) is 5.41 Å². The van der Waals surface area contributed by atoms with E-state index in [4.69, 9.17) is 9.47 Å². The molecule has 0 bridgehead atoms. The van der Waals surface area contributed by atoms with Crippen molar-refractivity contribution in [1.29, 1.82) is 0 Å². The van der Waals surface area contributed by atoms with Crippen LogP contribution in [0.4, 0.5) is 0 Å². The summed E-state index contributed by atoms with van der Waals surface area (Å²) in [5.74, 6) is 1.13. The molecule has 1 saturated carbocycles. The Morgan fingerprint density at radius 2 is 1.69 bits per heavy atom. The molecular formula is C23H26N2O4. The van der Waals surface area contributed by atoms with Crippen molar-refractivity contribution in [3.63, 3.8) is 0 Å². The molecule has 6 heteroatoms. The minimum atomic E-state index is -0.900. The van der Waals surface area contributed by atoms with Crippen molar-refractivity contribution in [2.24, 2.45) is 5.41 Å². The van der Waals surface area contributed by atoms with E-state index in [1.165, 1.54) is 0 Å². The smallest absolute Gasteiger partial charge is 0.238 e. The molecule has 0 unspecified atom stereocenters. The third-order valence-corrected chi connectivity index (χ3v) is 5.90. The molecule has 152 valence electrons. The second-order valence-corrected chi connectivity index (χ2v) is 7.70. The second-order valence-electron chi connectivity index (χ2n) is 7.70. The molecule has 0 saturated heterocycles. The Bertz CT molecular complexity index is 922. The first kappa shape index (κ1) is 19.3. The number of rotatable bonds is 6. The van der Waals surface area contributed by atoms with Crippen molar-refractivity contribution < 1.29 is 19.1 Å². The predicted molar refractivity (Wildman–Crippen MR) is 109 cm³/mol. The zero-order valence-corrected chi connectivity index (χ0v) is 16.9. The summed E-state index contributed by atoms with van der Waals surface area (Å²) in [6, 6.07) is 13.7. The Kier molecular flexibility index (Phi) is 5.18. The van der Waals surface area contributed by atoms with Gasteiger partial charge in [-0.25, -0.2) is 0 Å². The molecule has 2 aromatic carbocycles. The van der Waals surface area contributed by atoms with E-state index in [-0.39, 0.29) is 11.8 Å². The summed E-state index contributed by atoms with van der Waals surface area (Å²) in [4.78, 5) is 27.9. The average Bonchev–Trinajstić information content (AvgIpc) is 3.58. The summed E-state index contributed by atoms with van der Waals surface area (Å²) in [6.07, 6.45) is 1.96. The van der Waals surface area contributed by atoms with E-state index in [2.05, 4.69) is 5.32 Å². The zero-order chi connectivity index (χ0) is 20.4. The highest BCUT2D eigenvalue weighted by Crippen LogP contribution is 2.48. The molecule has 2 aliphatic rings. The van der Waals surface area contributed by atoms with Gasteiger partial charge >= 0.3 is 0 Å². The van der Waals surface area contributed by atoms with E-state index in [1.54, 1.807) is 14.2 Å². The maximum absolute atomic E-state index is 13.2. The van der Waals surface area contributed by atoms with Crippen LogP contribution < -0.4 is 14.8 Å². The van der Waals surface area contributed by atoms with Gasteiger partial charge in [-0.05, 0) is 48.1 Å². The first-order valence-electron chi connectivity index (χ1n) is 9.93. The van der Waals surface area contributed by atoms with Gasteiger partial charge in [0.15, 0.2) is 11.5 Å². The van der Waals surface area contributed by atoms with Crippen LogP contribution in [0.15, 0.2) is 42.5 Å². The Labute approximate surface area is 170 Å². The van der Waals surface area contributed by atoms with Crippen LogP contribution in [0.2, 0.25) is 0 Å². The number of ether oxygens (including phenoxy) is 2. The Hall–Kier alpha value is -3.02. The molecule has 1 fully saturated rings. The lowest BCUT2D eigenvalue weighted by Crippen LogP contribution is -2.46. The van der Waals surface area contributed by atoms with Gasteiger partial charge in [-0.15, -0.1) is 0 Å². The van der Waals surface area contributed by atoms with Crippen molar-refractivity contribution in [2.75, 3.05) is 20.8 Å². The third-order valence-electron chi connectivity index (χ3n) is 5.90. The molecule has 1 heterocycles. The van der Waals surface area contributed by atoms with E-state index in [0.29, 0.717) is 44.0 Å². The summed E-state index contributed by atoms with van der Waals surface area (Å²) in [5, 5.41) is 2.95. The van der Waals surface area contributed by atoms with Gasteiger partial charge in [-0.1, -0.05) is 30.3 Å². The SMILES string of the molecule is COc1cc2c(cc1OC)CN(C(=O)C1(C(=O)NCc3ccccc3)CC1)CC2. The van der Waals surface area contributed by atoms with Gasteiger partial charge in [0, 0.05) is 19.6 Å². The van der Waals surface area contributed by atoms with Crippen molar-refractivity contribution in [2.45, 2.75) is 32.4 Å². The van der Waals surface area contributed by atoms with E-state index in [0.717, 1.165) is 23.1 Å². The highest BCUT2D eigenvalue weighted by Gasteiger charge is 2.58. The highest BCUT2D eigenvalue weighted by atomic mass is 16.5. The lowest BCUT2D eigenvalue weighted by Gasteiger charge is -2.32. The van der Waals surface area contributed by atoms with E-state index < -0.39 is 5.41 Å². The summed E-state index contributed by atoms with van der Waals surface area (Å²) < 4.78 is 10.8.